The van der Waals surface area contributed by atoms with Crippen molar-refractivity contribution < 1.29 is 4.74 Å². The molecule has 0 aliphatic heterocycles. The van der Waals surface area contributed by atoms with Crippen molar-refractivity contribution in [3.8, 4) is 0 Å². The minimum atomic E-state index is -0.176. The topological polar surface area (TPSA) is 9.23 Å². The number of benzene rings is 2. The van der Waals surface area contributed by atoms with Crippen LogP contribution < -0.4 is 0 Å². The van der Waals surface area contributed by atoms with E-state index in [-0.39, 0.29) is 12.2 Å². The quantitative estimate of drug-likeness (QED) is 0.504. The average Bonchev–Trinajstić information content (AvgIpc) is 2.51. The van der Waals surface area contributed by atoms with Gasteiger partial charge in [-0.15, -0.1) is 13.2 Å². The Labute approximate surface area is 142 Å². The Morgan fingerprint density at radius 2 is 1.05 bits per heavy atom. The molecule has 0 saturated heterocycles. The molecule has 1 nitrogen and oxygen atoms in total. The summed E-state index contributed by atoms with van der Waals surface area (Å²) in [7, 11) is 0. The van der Waals surface area contributed by atoms with Gasteiger partial charge in [-0.05, 0) is 35.4 Å². The van der Waals surface area contributed by atoms with Crippen LogP contribution in [0, 0.1) is 0 Å². The maximum absolute atomic E-state index is 6.13. The van der Waals surface area contributed by atoms with Gasteiger partial charge in [0.25, 0.3) is 0 Å². The van der Waals surface area contributed by atoms with E-state index in [2.05, 4.69) is 45.0 Å². The van der Waals surface area contributed by atoms with E-state index < -0.39 is 0 Å². The lowest BCUT2D eigenvalue weighted by molar-refractivity contribution is 0.0403. The van der Waals surface area contributed by atoms with Crippen molar-refractivity contribution in [3.05, 3.63) is 93.9 Å². The molecule has 2 aromatic carbocycles. The normalized spacial score (nSPS) is 13.4. The Kier molecular flexibility index (Phi) is 5.97. The SMILES string of the molecule is C=CC(OC(C=C)c1ccc(Br)cc1)c1ccc(Br)cc1. The molecule has 0 aromatic heterocycles. The molecule has 2 unspecified atom stereocenters. The molecule has 0 fully saturated rings. The summed E-state index contributed by atoms with van der Waals surface area (Å²) in [4.78, 5) is 0. The highest BCUT2D eigenvalue weighted by molar-refractivity contribution is 9.10. The van der Waals surface area contributed by atoms with Crippen LogP contribution in [0.15, 0.2) is 82.8 Å². The van der Waals surface area contributed by atoms with Crippen LogP contribution in [-0.4, -0.2) is 0 Å². The van der Waals surface area contributed by atoms with Gasteiger partial charge in [0.15, 0.2) is 0 Å². The molecule has 0 aliphatic rings. The van der Waals surface area contributed by atoms with Gasteiger partial charge in [0.05, 0.1) is 0 Å². The van der Waals surface area contributed by atoms with Gasteiger partial charge in [-0.25, -0.2) is 0 Å². The van der Waals surface area contributed by atoms with Crippen LogP contribution in [0.3, 0.4) is 0 Å². The molecular formula is C18H16Br2O. The lowest BCUT2D eigenvalue weighted by atomic mass is 10.1. The fraction of sp³-hybridized carbons (Fsp3) is 0.111. The monoisotopic (exact) mass is 406 g/mol. The van der Waals surface area contributed by atoms with Gasteiger partial charge in [-0.2, -0.15) is 0 Å². The molecule has 0 aliphatic carbocycles. The highest BCUT2D eigenvalue weighted by atomic mass is 79.9. The molecule has 2 atom stereocenters. The largest absolute Gasteiger partial charge is 0.357 e. The number of rotatable bonds is 6. The van der Waals surface area contributed by atoms with E-state index in [0.717, 1.165) is 20.1 Å². The molecular weight excluding hydrogens is 392 g/mol. The van der Waals surface area contributed by atoms with Gasteiger partial charge in [0, 0.05) is 8.95 Å². The number of hydrogen-bond donors (Lipinski definition) is 0. The molecule has 0 amide bonds. The van der Waals surface area contributed by atoms with Crippen molar-refractivity contribution in [3.63, 3.8) is 0 Å². The van der Waals surface area contributed by atoms with Crippen LogP contribution in [0.1, 0.15) is 23.3 Å². The highest BCUT2D eigenvalue weighted by Crippen LogP contribution is 2.29. The maximum atomic E-state index is 6.13. The van der Waals surface area contributed by atoms with Gasteiger partial charge in [0.2, 0.25) is 0 Å². The number of halogens is 2. The van der Waals surface area contributed by atoms with Crippen molar-refractivity contribution in [1.29, 1.82) is 0 Å². The Morgan fingerprint density at radius 1 is 0.714 bits per heavy atom. The predicted octanol–water partition coefficient (Wildman–Crippen LogP) is 6.38. The van der Waals surface area contributed by atoms with E-state index in [1.165, 1.54) is 0 Å². The van der Waals surface area contributed by atoms with E-state index in [1.54, 1.807) is 12.2 Å². The zero-order valence-corrected chi connectivity index (χ0v) is 14.7. The number of ether oxygens (including phenoxy) is 1. The predicted molar refractivity (Wildman–Crippen MR) is 95.2 cm³/mol. The fourth-order valence-corrected chi connectivity index (χ4v) is 2.53. The van der Waals surface area contributed by atoms with Gasteiger partial charge >= 0.3 is 0 Å². The zero-order valence-electron chi connectivity index (χ0n) is 11.5. The highest BCUT2D eigenvalue weighted by Gasteiger charge is 2.15. The van der Waals surface area contributed by atoms with Crippen LogP contribution in [0.2, 0.25) is 0 Å². The smallest absolute Gasteiger partial charge is 0.102 e. The summed E-state index contributed by atoms with van der Waals surface area (Å²) < 4.78 is 8.22. The van der Waals surface area contributed by atoms with Crippen molar-refractivity contribution >= 4 is 31.9 Å². The minimum Gasteiger partial charge on any atom is -0.357 e. The van der Waals surface area contributed by atoms with Crippen LogP contribution in [0.5, 0.6) is 0 Å². The van der Waals surface area contributed by atoms with Crippen molar-refractivity contribution in [2.45, 2.75) is 12.2 Å². The molecule has 0 N–H and O–H groups in total. The molecule has 0 spiro atoms. The lowest BCUT2D eigenvalue weighted by Gasteiger charge is -2.21. The molecule has 3 heteroatoms. The van der Waals surface area contributed by atoms with Crippen LogP contribution >= 0.6 is 31.9 Å². The van der Waals surface area contributed by atoms with Crippen molar-refractivity contribution in [2.24, 2.45) is 0 Å². The van der Waals surface area contributed by atoms with Crippen LogP contribution in [0.25, 0.3) is 0 Å². The first kappa shape index (κ1) is 16.2. The van der Waals surface area contributed by atoms with Crippen LogP contribution in [-0.2, 0) is 4.74 Å². The summed E-state index contributed by atoms with van der Waals surface area (Å²) >= 11 is 6.87. The molecule has 0 heterocycles. The first-order valence-corrected chi connectivity index (χ1v) is 8.14. The maximum Gasteiger partial charge on any atom is 0.102 e. The Bertz CT molecular complexity index is 547. The van der Waals surface area contributed by atoms with Gasteiger partial charge in [0.1, 0.15) is 12.2 Å². The Morgan fingerprint density at radius 3 is 1.33 bits per heavy atom. The summed E-state index contributed by atoms with van der Waals surface area (Å²) in [6.45, 7) is 7.75. The summed E-state index contributed by atoms with van der Waals surface area (Å²) in [5, 5.41) is 0. The van der Waals surface area contributed by atoms with Gasteiger partial charge < -0.3 is 4.74 Å². The van der Waals surface area contributed by atoms with E-state index in [1.807, 2.05) is 48.5 Å². The lowest BCUT2D eigenvalue weighted by Crippen LogP contribution is -2.07. The minimum absolute atomic E-state index is 0.176. The summed E-state index contributed by atoms with van der Waals surface area (Å²) in [6.07, 6.45) is 3.26. The molecule has 2 aromatic rings. The molecule has 0 saturated carbocycles. The third-order valence-electron chi connectivity index (χ3n) is 3.12. The van der Waals surface area contributed by atoms with Crippen molar-refractivity contribution in [2.75, 3.05) is 0 Å². The third-order valence-corrected chi connectivity index (χ3v) is 4.18. The molecule has 0 radical (unpaired) electrons. The second-order valence-corrected chi connectivity index (χ2v) is 6.38. The van der Waals surface area contributed by atoms with E-state index >= 15 is 0 Å². The average molecular weight is 408 g/mol. The summed E-state index contributed by atoms with van der Waals surface area (Å²) in [6, 6.07) is 16.1. The van der Waals surface area contributed by atoms with E-state index in [4.69, 9.17) is 4.74 Å². The second kappa shape index (κ2) is 7.74. The third kappa shape index (κ3) is 4.40. The Balaban J connectivity index is 2.19. The molecule has 2 rings (SSSR count). The Hall–Kier alpha value is -1.16. The van der Waals surface area contributed by atoms with E-state index in [0.29, 0.717) is 0 Å². The zero-order chi connectivity index (χ0) is 15.2. The van der Waals surface area contributed by atoms with Gasteiger partial charge in [-0.1, -0.05) is 68.3 Å². The first-order chi connectivity index (χ1) is 10.1. The van der Waals surface area contributed by atoms with Crippen LogP contribution in [0.4, 0.5) is 0 Å². The number of hydrogen-bond acceptors (Lipinski definition) is 1. The second-order valence-electron chi connectivity index (χ2n) is 4.55. The standard InChI is InChI=1S/C18H16Br2O/c1-3-17(13-5-9-15(19)10-6-13)21-18(4-2)14-7-11-16(20)12-8-14/h3-12,17-18H,1-2H2. The summed E-state index contributed by atoms with van der Waals surface area (Å²) in [5.74, 6) is 0. The van der Waals surface area contributed by atoms with E-state index in [9.17, 15) is 0 Å². The van der Waals surface area contributed by atoms with Gasteiger partial charge in [-0.3, -0.25) is 0 Å². The van der Waals surface area contributed by atoms with Crippen molar-refractivity contribution in [1.82, 2.24) is 0 Å². The first-order valence-electron chi connectivity index (χ1n) is 6.55. The fourth-order valence-electron chi connectivity index (χ4n) is 2.00. The molecule has 21 heavy (non-hydrogen) atoms. The molecule has 108 valence electrons. The molecule has 0 bridgehead atoms. The summed E-state index contributed by atoms with van der Waals surface area (Å²) in [5.41, 5.74) is 2.13.